The molecule has 2 aromatic carbocycles. The third-order valence-electron chi connectivity index (χ3n) is 5.80. The first-order chi connectivity index (χ1) is 11.3. The lowest BCUT2D eigenvalue weighted by Gasteiger charge is -2.57. The Labute approximate surface area is 159 Å². The van der Waals surface area contributed by atoms with Gasteiger partial charge in [0, 0.05) is 22.8 Å². The highest BCUT2D eigenvalue weighted by atomic mass is 29.9. The lowest BCUT2D eigenvalue weighted by molar-refractivity contribution is 1.63. The van der Waals surface area contributed by atoms with E-state index in [4.69, 9.17) is 0 Å². The second kappa shape index (κ2) is 6.80. The van der Waals surface area contributed by atoms with Crippen LogP contribution >= 0.6 is 0 Å². The molecule has 0 nitrogen and oxygen atoms in total. The molecular formula is C21H36Si4. The first-order valence-corrected chi connectivity index (χ1v) is 25.0. The molecule has 0 atom stereocenters. The zero-order chi connectivity index (χ0) is 19.1. The van der Waals surface area contributed by atoms with Gasteiger partial charge in [-0.2, -0.15) is 0 Å². The first kappa shape index (κ1) is 20.6. The van der Waals surface area contributed by atoms with Crippen molar-refractivity contribution in [3.8, 4) is 11.1 Å². The van der Waals surface area contributed by atoms with E-state index >= 15 is 0 Å². The summed E-state index contributed by atoms with van der Waals surface area (Å²) in [6.07, 6.45) is 0. The molecule has 2 aromatic rings. The Hall–Kier alpha value is -0.692. The maximum Gasteiger partial charge on any atom is 0.0685 e. The molecule has 0 N–H and O–H groups in total. The third kappa shape index (κ3) is 3.59. The Morgan fingerprint density at radius 3 is 1.16 bits per heavy atom. The Morgan fingerprint density at radius 2 is 0.800 bits per heavy atom. The zero-order valence-corrected chi connectivity index (χ0v) is 21.7. The highest BCUT2D eigenvalue weighted by Gasteiger charge is 2.62. The Morgan fingerprint density at radius 1 is 0.440 bits per heavy atom. The van der Waals surface area contributed by atoms with Crippen LogP contribution in [0.3, 0.4) is 0 Å². The first-order valence-electron chi connectivity index (χ1n) is 9.48. The minimum Gasteiger partial charge on any atom is -0.0716 e. The summed E-state index contributed by atoms with van der Waals surface area (Å²) < 4.78 is 0. The molecule has 0 saturated carbocycles. The molecule has 25 heavy (non-hydrogen) atoms. The van der Waals surface area contributed by atoms with Crippen molar-refractivity contribution in [2.45, 2.75) is 58.9 Å². The number of hydrogen-bond acceptors (Lipinski definition) is 0. The smallest absolute Gasteiger partial charge is 0.0685 e. The van der Waals surface area contributed by atoms with Gasteiger partial charge in [0.15, 0.2) is 0 Å². The highest BCUT2D eigenvalue weighted by molar-refractivity contribution is 7.92. The standard InChI is InChI=1S/C21H36Si4/c1-22(2,3)25(23(4,5)6,24(7,8)9)21-17-15-20(16-18-21)19-13-11-10-12-14-19/h10-18H,1-9H3. The second-order valence-electron chi connectivity index (χ2n) is 10.4. The molecule has 2 rings (SSSR count). The molecule has 136 valence electrons. The molecule has 0 aromatic heterocycles. The van der Waals surface area contributed by atoms with Crippen LogP contribution in [-0.2, 0) is 0 Å². The van der Waals surface area contributed by atoms with Crippen LogP contribution < -0.4 is 5.19 Å². The normalized spacial score (nSPS) is 13.8. The summed E-state index contributed by atoms with van der Waals surface area (Å²) in [6.45, 7) is 22.5. The summed E-state index contributed by atoms with van der Waals surface area (Å²) in [6, 6.07) is 20.6. The van der Waals surface area contributed by atoms with Gasteiger partial charge in [-0.1, -0.05) is 119 Å². The molecule has 4 heteroatoms. The number of rotatable bonds is 5. The van der Waals surface area contributed by atoms with Crippen LogP contribution in [0.1, 0.15) is 0 Å². The summed E-state index contributed by atoms with van der Waals surface area (Å²) in [7, 11) is -3.85. The number of benzene rings is 2. The monoisotopic (exact) mass is 400 g/mol. The molecule has 0 unspecified atom stereocenters. The fourth-order valence-corrected chi connectivity index (χ4v) is 107. The van der Waals surface area contributed by atoms with E-state index in [1.807, 2.05) is 0 Å². The molecule has 0 amide bonds. The van der Waals surface area contributed by atoms with Crippen molar-refractivity contribution in [1.82, 2.24) is 0 Å². The van der Waals surface area contributed by atoms with Gasteiger partial charge in [0.25, 0.3) is 0 Å². The molecule has 0 aliphatic carbocycles. The maximum atomic E-state index is 2.67. The summed E-state index contributed by atoms with van der Waals surface area (Å²) in [4.78, 5) is 0. The Balaban J connectivity index is 2.68. The van der Waals surface area contributed by atoms with Gasteiger partial charge in [-0.25, -0.2) is 0 Å². The molecule has 0 spiro atoms. The average molecular weight is 401 g/mol. The van der Waals surface area contributed by atoms with Crippen LogP contribution in [-0.4, -0.2) is 29.4 Å². The third-order valence-corrected chi connectivity index (χ3v) is 77.1. The van der Waals surface area contributed by atoms with E-state index in [1.165, 1.54) is 11.1 Å². The minimum absolute atomic E-state index is 1.28. The molecular weight excluding hydrogens is 365 g/mol. The van der Waals surface area contributed by atoms with Gasteiger partial charge in [-0.3, -0.25) is 0 Å². The SMILES string of the molecule is C[Si](C)(C)[Si](c1ccc(-c2ccccc2)cc1)([Si](C)(C)C)[Si](C)(C)C. The number of hydrogen-bond donors (Lipinski definition) is 0. The van der Waals surface area contributed by atoms with E-state index in [1.54, 1.807) is 5.19 Å². The van der Waals surface area contributed by atoms with Gasteiger partial charge in [0.05, 0.1) is 6.63 Å². The van der Waals surface area contributed by atoms with E-state index in [0.29, 0.717) is 0 Å². The maximum absolute atomic E-state index is 2.67. The lowest BCUT2D eigenvalue weighted by atomic mass is 10.1. The van der Waals surface area contributed by atoms with Crippen molar-refractivity contribution in [3.63, 3.8) is 0 Å². The van der Waals surface area contributed by atoms with Gasteiger partial charge in [0.1, 0.15) is 0 Å². The predicted octanol–water partition coefficient (Wildman–Crippen LogP) is 6.26. The molecule has 0 aliphatic heterocycles. The molecule has 0 bridgehead atoms. The van der Waals surface area contributed by atoms with Crippen LogP contribution in [0.5, 0.6) is 0 Å². The zero-order valence-electron chi connectivity index (χ0n) is 17.7. The topological polar surface area (TPSA) is 0 Å². The quantitative estimate of drug-likeness (QED) is 0.520. The van der Waals surface area contributed by atoms with E-state index in [9.17, 15) is 0 Å². The molecule has 0 saturated heterocycles. The summed E-state index contributed by atoms with van der Waals surface area (Å²) >= 11 is 0. The van der Waals surface area contributed by atoms with Crippen molar-refractivity contribution < 1.29 is 0 Å². The Bertz CT molecular complexity index is 663. The average Bonchev–Trinajstić information content (AvgIpc) is 2.45. The van der Waals surface area contributed by atoms with Crippen LogP contribution in [0, 0.1) is 0 Å². The van der Waals surface area contributed by atoms with Crippen molar-refractivity contribution in [2.24, 2.45) is 0 Å². The summed E-state index contributed by atoms with van der Waals surface area (Å²) in [5, 5.41) is 1.77. The van der Waals surface area contributed by atoms with Gasteiger partial charge in [0.2, 0.25) is 0 Å². The van der Waals surface area contributed by atoms with Crippen molar-refractivity contribution >= 4 is 34.6 Å². The fourth-order valence-electron chi connectivity index (χ4n) is 6.22. The lowest BCUT2D eigenvalue weighted by Crippen LogP contribution is -2.88. The van der Waals surface area contributed by atoms with Gasteiger partial charge >= 0.3 is 0 Å². The van der Waals surface area contributed by atoms with Crippen molar-refractivity contribution in [1.29, 1.82) is 0 Å². The summed E-state index contributed by atoms with van der Waals surface area (Å²) in [5.41, 5.74) is 2.68. The largest absolute Gasteiger partial charge is 0.0716 e. The van der Waals surface area contributed by atoms with Gasteiger partial charge < -0.3 is 0 Å². The van der Waals surface area contributed by atoms with Crippen LogP contribution in [0.15, 0.2) is 54.6 Å². The van der Waals surface area contributed by atoms with Crippen LogP contribution in [0.2, 0.25) is 58.9 Å². The molecule has 0 fully saturated rings. The Kier molecular flexibility index (Phi) is 5.61. The highest BCUT2D eigenvalue weighted by Crippen LogP contribution is 2.37. The van der Waals surface area contributed by atoms with E-state index in [0.717, 1.165) is 0 Å². The molecule has 0 aliphatic rings. The van der Waals surface area contributed by atoms with Crippen LogP contribution in [0.25, 0.3) is 11.1 Å². The van der Waals surface area contributed by atoms with Crippen molar-refractivity contribution in [2.75, 3.05) is 0 Å². The minimum atomic E-state index is -1.48. The second-order valence-corrected chi connectivity index (χ2v) is 50.8. The van der Waals surface area contributed by atoms with E-state index < -0.39 is 29.4 Å². The van der Waals surface area contributed by atoms with Gasteiger partial charge in [-0.05, 0) is 11.1 Å². The predicted molar refractivity (Wildman–Crippen MR) is 127 cm³/mol. The van der Waals surface area contributed by atoms with E-state index in [-0.39, 0.29) is 0 Å². The van der Waals surface area contributed by atoms with Crippen LogP contribution in [0.4, 0.5) is 0 Å². The molecule has 0 heterocycles. The fraction of sp³-hybridized carbons (Fsp3) is 0.429. The molecule has 0 radical (unpaired) electrons. The summed E-state index contributed by atoms with van der Waals surface area (Å²) in [5.74, 6) is 0. The van der Waals surface area contributed by atoms with Gasteiger partial charge in [-0.15, -0.1) is 0 Å². The van der Waals surface area contributed by atoms with Crippen molar-refractivity contribution in [3.05, 3.63) is 54.6 Å². The van der Waals surface area contributed by atoms with E-state index in [2.05, 4.69) is 114 Å².